The van der Waals surface area contributed by atoms with Crippen molar-refractivity contribution in [2.75, 3.05) is 19.6 Å². The van der Waals surface area contributed by atoms with E-state index in [2.05, 4.69) is 22.1 Å². The second-order valence-corrected chi connectivity index (χ2v) is 6.89. The smallest absolute Gasteiger partial charge is 0.244 e. The molecule has 0 radical (unpaired) electrons. The topological polar surface area (TPSA) is 76.0 Å². The van der Waals surface area contributed by atoms with E-state index in [4.69, 9.17) is 0 Å². The summed E-state index contributed by atoms with van der Waals surface area (Å²) in [6, 6.07) is 0. The van der Waals surface area contributed by atoms with Crippen LogP contribution in [-0.2, 0) is 16.6 Å². The summed E-state index contributed by atoms with van der Waals surface area (Å²) in [7, 11) is -3.46. The summed E-state index contributed by atoms with van der Waals surface area (Å²) in [5.41, 5.74) is 1.29. The van der Waals surface area contributed by atoms with Gasteiger partial charge in [-0.25, -0.2) is 13.1 Å². The molecule has 0 aliphatic heterocycles. The minimum atomic E-state index is -3.46. The van der Waals surface area contributed by atoms with Gasteiger partial charge in [-0.3, -0.25) is 4.68 Å². The number of nitrogens with zero attached hydrogens (tertiary/aromatic N) is 2. The highest BCUT2D eigenvalue weighted by molar-refractivity contribution is 7.89. The average molecular weight is 316 g/mol. The quantitative estimate of drug-likeness (QED) is 0.643. The first-order chi connectivity index (χ1) is 9.94. The molecule has 1 aromatic rings. The van der Waals surface area contributed by atoms with E-state index in [-0.39, 0.29) is 0 Å². The Morgan fingerprint density at radius 1 is 1.14 bits per heavy atom. The van der Waals surface area contributed by atoms with Gasteiger partial charge in [0.25, 0.3) is 0 Å². The van der Waals surface area contributed by atoms with Crippen LogP contribution in [0.3, 0.4) is 0 Å². The Kier molecular flexibility index (Phi) is 7.34. The third-order valence-corrected chi connectivity index (χ3v) is 5.09. The Bertz CT molecular complexity index is 537. The highest BCUT2D eigenvalue weighted by Gasteiger charge is 2.23. The van der Waals surface area contributed by atoms with Gasteiger partial charge in [-0.2, -0.15) is 5.10 Å². The molecule has 0 aromatic carbocycles. The van der Waals surface area contributed by atoms with Gasteiger partial charge < -0.3 is 5.32 Å². The fraction of sp³-hybridized carbons (Fsp3) is 0.786. The van der Waals surface area contributed by atoms with Crippen LogP contribution in [0.4, 0.5) is 0 Å². The van der Waals surface area contributed by atoms with Crippen molar-refractivity contribution in [2.45, 2.75) is 58.4 Å². The monoisotopic (exact) mass is 316 g/mol. The van der Waals surface area contributed by atoms with Gasteiger partial charge >= 0.3 is 0 Å². The highest BCUT2D eigenvalue weighted by atomic mass is 32.2. The summed E-state index contributed by atoms with van der Waals surface area (Å²) in [5.74, 6) is 0. The lowest BCUT2D eigenvalue weighted by molar-refractivity contribution is 0.536. The van der Waals surface area contributed by atoms with Gasteiger partial charge in [-0.1, -0.05) is 20.3 Å². The number of aryl methyl sites for hydroxylation is 2. The van der Waals surface area contributed by atoms with Gasteiger partial charge in [0.1, 0.15) is 4.90 Å². The molecule has 6 nitrogen and oxygen atoms in total. The van der Waals surface area contributed by atoms with Crippen molar-refractivity contribution in [1.82, 2.24) is 19.8 Å². The minimum Gasteiger partial charge on any atom is -0.317 e. The predicted octanol–water partition coefficient (Wildman–Crippen LogP) is 1.58. The largest absolute Gasteiger partial charge is 0.317 e. The third-order valence-electron chi connectivity index (χ3n) is 3.38. The number of sulfonamides is 1. The van der Waals surface area contributed by atoms with Crippen molar-refractivity contribution in [3.63, 3.8) is 0 Å². The van der Waals surface area contributed by atoms with Crippen LogP contribution in [0.25, 0.3) is 0 Å². The van der Waals surface area contributed by atoms with Gasteiger partial charge in [0.05, 0.1) is 11.4 Å². The van der Waals surface area contributed by atoms with Gasteiger partial charge in [0.2, 0.25) is 10.0 Å². The molecular weight excluding hydrogens is 288 g/mol. The zero-order chi connectivity index (χ0) is 15.9. The van der Waals surface area contributed by atoms with Crippen LogP contribution >= 0.6 is 0 Å². The number of rotatable bonds is 10. The first-order valence-electron chi connectivity index (χ1n) is 7.68. The molecule has 0 saturated carbocycles. The molecule has 0 bridgehead atoms. The summed E-state index contributed by atoms with van der Waals surface area (Å²) in [6.07, 6.45) is 2.73. The number of aromatic nitrogens is 2. The van der Waals surface area contributed by atoms with E-state index in [1.165, 1.54) is 0 Å². The van der Waals surface area contributed by atoms with E-state index in [0.29, 0.717) is 22.8 Å². The summed E-state index contributed by atoms with van der Waals surface area (Å²) in [5, 5.41) is 7.62. The van der Waals surface area contributed by atoms with Gasteiger partial charge in [-0.15, -0.1) is 0 Å². The van der Waals surface area contributed by atoms with Crippen LogP contribution in [-0.4, -0.2) is 37.8 Å². The zero-order valence-electron chi connectivity index (χ0n) is 13.6. The lowest BCUT2D eigenvalue weighted by Gasteiger charge is -2.08. The lowest BCUT2D eigenvalue weighted by atomic mass is 10.3. The summed E-state index contributed by atoms with van der Waals surface area (Å²) < 4.78 is 29.2. The molecule has 0 unspecified atom stereocenters. The number of unbranched alkanes of at least 4 members (excludes halogenated alkanes) is 1. The van der Waals surface area contributed by atoms with Crippen LogP contribution in [0.1, 0.15) is 44.5 Å². The molecule has 122 valence electrons. The molecular formula is C14H28N4O2S. The van der Waals surface area contributed by atoms with E-state index in [1.807, 2.05) is 13.8 Å². The van der Waals surface area contributed by atoms with Crippen molar-refractivity contribution in [3.05, 3.63) is 11.4 Å². The minimum absolute atomic E-state index is 0.335. The molecule has 1 rings (SSSR count). The first kappa shape index (κ1) is 18.1. The number of hydrogen-bond acceptors (Lipinski definition) is 4. The Morgan fingerprint density at radius 2 is 1.86 bits per heavy atom. The Labute approximate surface area is 128 Å². The standard InChI is InChI=1S/C14H28N4O2S/c1-5-7-10-16-21(19,20)14-12(3)17-18(13(14)4)11-8-9-15-6-2/h15-16H,5-11H2,1-4H3. The highest BCUT2D eigenvalue weighted by Crippen LogP contribution is 2.19. The van der Waals surface area contributed by atoms with Gasteiger partial charge in [0, 0.05) is 13.1 Å². The molecule has 0 aliphatic carbocycles. The summed E-state index contributed by atoms with van der Waals surface area (Å²) >= 11 is 0. The molecule has 0 amide bonds. The van der Waals surface area contributed by atoms with E-state index in [9.17, 15) is 8.42 Å². The maximum Gasteiger partial charge on any atom is 0.244 e. The molecule has 1 heterocycles. The predicted molar refractivity (Wildman–Crippen MR) is 85.0 cm³/mol. The van der Waals surface area contributed by atoms with Crippen LogP contribution in [0.5, 0.6) is 0 Å². The third kappa shape index (κ3) is 5.09. The molecule has 2 N–H and O–H groups in total. The Hall–Kier alpha value is -0.920. The Balaban J connectivity index is 2.81. The normalized spacial score (nSPS) is 12.0. The summed E-state index contributed by atoms with van der Waals surface area (Å²) in [6.45, 7) is 10.7. The van der Waals surface area contributed by atoms with Gasteiger partial charge in [-0.05, 0) is 39.8 Å². The molecule has 0 atom stereocenters. The van der Waals surface area contributed by atoms with E-state index in [0.717, 1.165) is 38.9 Å². The second kappa shape index (κ2) is 8.51. The molecule has 7 heteroatoms. The van der Waals surface area contributed by atoms with Crippen LogP contribution in [0, 0.1) is 13.8 Å². The van der Waals surface area contributed by atoms with Gasteiger partial charge in [0.15, 0.2) is 0 Å². The van der Waals surface area contributed by atoms with E-state index < -0.39 is 10.0 Å². The molecule has 21 heavy (non-hydrogen) atoms. The van der Waals surface area contributed by atoms with Crippen molar-refractivity contribution in [2.24, 2.45) is 0 Å². The van der Waals surface area contributed by atoms with E-state index >= 15 is 0 Å². The maximum absolute atomic E-state index is 12.4. The molecule has 1 aromatic heterocycles. The zero-order valence-corrected chi connectivity index (χ0v) is 14.4. The van der Waals surface area contributed by atoms with Crippen LogP contribution in [0.2, 0.25) is 0 Å². The maximum atomic E-state index is 12.4. The lowest BCUT2D eigenvalue weighted by Crippen LogP contribution is -2.25. The fourth-order valence-corrected chi connectivity index (χ4v) is 3.75. The summed E-state index contributed by atoms with van der Waals surface area (Å²) in [4.78, 5) is 0.335. The second-order valence-electron chi connectivity index (χ2n) is 5.18. The van der Waals surface area contributed by atoms with Crippen molar-refractivity contribution in [3.8, 4) is 0 Å². The fourth-order valence-electron chi connectivity index (χ4n) is 2.27. The molecule has 0 aliphatic rings. The molecule has 0 spiro atoms. The van der Waals surface area contributed by atoms with Crippen molar-refractivity contribution in [1.29, 1.82) is 0 Å². The Morgan fingerprint density at radius 3 is 2.48 bits per heavy atom. The van der Waals surface area contributed by atoms with E-state index in [1.54, 1.807) is 11.6 Å². The first-order valence-corrected chi connectivity index (χ1v) is 9.16. The number of hydrogen-bond donors (Lipinski definition) is 2. The molecule has 0 fully saturated rings. The molecule has 0 saturated heterocycles. The van der Waals surface area contributed by atoms with Crippen molar-refractivity contribution < 1.29 is 8.42 Å². The SMILES string of the molecule is CCCCNS(=O)(=O)c1c(C)nn(CCCNCC)c1C. The average Bonchev–Trinajstić information content (AvgIpc) is 2.70. The van der Waals surface area contributed by atoms with Crippen LogP contribution in [0.15, 0.2) is 4.90 Å². The van der Waals surface area contributed by atoms with Crippen LogP contribution < -0.4 is 10.0 Å². The number of nitrogens with one attached hydrogen (secondary N) is 2. The van der Waals surface area contributed by atoms with Crippen molar-refractivity contribution >= 4 is 10.0 Å².